The quantitative estimate of drug-likeness (QED) is 0.626. The highest BCUT2D eigenvalue weighted by atomic mass is 35.5. The van der Waals surface area contributed by atoms with Crippen molar-refractivity contribution < 1.29 is 4.92 Å². The van der Waals surface area contributed by atoms with E-state index in [1.54, 1.807) is 30.6 Å². The lowest BCUT2D eigenvalue weighted by molar-refractivity contribution is -0.384. The molecule has 0 radical (unpaired) electrons. The molecule has 0 amide bonds. The first-order valence-electron chi connectivity index (χ1n) is 4.26. The van der Waals surface area contributed by atoms with Gasteiger partial charge in [0.1, 0.15) is 0 Å². The van der Waals surface area contributed by atoms with Gasteiger partial charge in [-0.3, -0.25) is 10.1 Å². The summed E-state index contributed by atoms with van der Waals surface area (Å²) in [6, 6.07) is 6.50. The number of nitro benzene ring substituents is 1. The molecule has 1 aromatic carbocycles. The molecule has 5 heteroatoms. The second kappa shape index (κ2) is 3.74. The van der Waals surface area contributed by atoms with Gasteiger partial charge >= 0.3 is 0 Å². The Morgan fingerprint density at radius 3 is 2.53 bits per heavy atom. The van der Waals surface area contributed by atoms with Crippen LogP contribution in [-0.4, -0.2) is 9.91 Å². The summed E-state index contributed by atoms with van der Waals surface area (Å²) in [5.74, 6) is 0. The number of benzene rings is 1. The summed E-state index contributed by atoms with van der Waals surface area (Å²) in [7, 11) is 0. The van der Waals surface area contributed by atoms with E-state index in [0.29, 0.717) is 16.1 Å². The van der Waals surface area contributed by atoms with Crippen molar-refractivity contribution in [3.05, 3.63) is 51.8 Å². The van der Waals surface area contributed by atoms with Crippen LogP contribution in [0.15, 0.2) is 36.7 Å². The minimum Gasteiger partial charge on any atom is -0.366 e. The van der Waals surface area contributed by atoms with Crippen LogP contribution in [0.4, 0.5) is 5.69 Å². The number of nitrogens with zero attached hydrogens (tertiary/aromatic N) is 1. The third-order valence-corrected chi connectivity index (χ3v) is 2.40. The van der Waals surface area contributed by atoms with E-state index in [0.717, 1.165) is 0 Å². The summed E-state index contributed by atoms with van der Waals surface area (Å²) in [6.07, 6.45) is 3.23. The topological polar surface area (TPSA) is 58.9 Å². The fourth-order valence-electron chi connectivity index (χ4n) is 1.41. The maximum Gasteiger partial charge on any atom is 0.277 e. The van der Waals surface area contributed by atoms with Crippen molar-refractivity contribution in [3.63, 3.8) is 0 Å². The molecule has 0 aliphatic heterocycles. The molecule has 0 unspecified atom stereocenters. The van der Waals surface area contributed by atoms with Gasteiger partial charge in [-0.15, -0.1) is 0 Å². The van der Waals surface area contributed by atoms with Gasteiger partial charge in [0.05, 0.1) is 15.5 Å². The summed E-state index contributed by atoms with van der Waals surface area (Å²) in [4.78, 5) is 13.2. The van der Waals surface area contributed by atoms with Crippen LogP contribution in [0.25, 0.3) is 11.1 Å². The van der Waals surface area contributed by atoms with Crippen LogP contribution in [-0.2, 0) is 0 Å². The number of hydrogen-bond donors (Lipinski definition) is 1. The highest BCUT2D eigenvalue weighted by Crippen LogP contribution is 2.33. The van der Waals surface area contributed by atoms with Crippen molar-refractivity contribution in [1.29, 1.82) is 0 Å². The molecule has 2 aromatic rings. The fraction of sp³-hybridized carbons (Fsp3) is 0. The lowest BCUT2D eigenvalue weighted by atomic mass is 10.1. The molecule has 0 bridgehead atoms. The highest BCUT2D eigenvalue weighted by Gasteiger charge is 2.16. The van der Waals surface area contributed by atoms with Crippen LogP contribution in [0, 0.1) is 10.1 Å². The van der Waals surface area contributed by atoms with Gasteiger partial charge in [0.25, 0.3) is 5.69 Å². The first-order valence-corrected chi connectivity index (χ1v) is 4.64. The number of rotatable bonds is 2. The van der Waals surface area contributed by atoms with Gasteiger partial charge in [0.15, 0.2) is 0 Å². The summed E-state index contributed by atoms with van der Waals surface area (Å²) >= 11 is 5.90. The van der Waals surface area contributed by atoms with Gasteiger partial charge < -0.3 is 4.98 Å². The van der Waals surface area contributed by atoms with Crippen LogP contribution < -0.4 is 0 Å². The zero-order chi connectivity index (χ0) is 10.8. The predicted octanol–water partition coefficient (Wildman–Crippen LogP) is 3.24. The molecular formula is C10H7ClN2O2. The number of aromatic nitrogens is 1. The number of halogens is 1. The first-order chi connectivity index (χ1) is 7.20. The number of H-pyrrole nitrogens is 1. The van der Waals surface area contributed by atoms with Gasteiger partial charge in [0, 0.05) is 24.0 Å². The summed E-state index contributed by atoms with van der Waals surface area (Å²) < 4.78 is 0. The zero-order valence-corrected chi connectivity index (χ0v) is 8.36. The normalized spacial score (nSPS) is 10.2. The lowest BCUT2D eigenvalue weighted by Crippen LogP contribution is -1.90. The van der Waals surface area contributed by atoms with Crippen molar-refractivity contribution >= 4 is 17.3 Å². The van der Waals surface area contributed by atoms with Crippen LogP contribution in [0.3, 0.4) is 0 Å². The van der Waals surface area contributed by atoms with E-state index in [9.17, 15) is 10.1 Å². The van der Waals surface area contributed by atoms with Crippen molar-refractivity contribution in [3.8, 4) is 11.1 Å². The highest BCUT2D eigenvalue weighted by molar-refractivity contribution is 6.33. The molecule has 2 rings (SSSR count). The third kappa shape index (κ3) is 1.71. The molecule has 1 aromatic heterocycles. The van der Waals surface area contributed by atoms with E-state index in [2.05, 4.69) is 4.98 Å². The first kappa shape index (κ1) is 9.73. The van der Waals surface area contributed by atoms with Crippen LogP contribution >= 0.6 is 11.6 Å². The molecule has 0 atom stereocenters. The van der Waals surface area contributed by atoms with Gasteiger partial charge in [-0.1, -0.05) is 23.7 Å². The largest absolute Gasteiger partial charge is 0.366 e. The van der Waals surface area contributed by atoms with E-state index in [4.69, 9.17) is 11.6 Å². The van der Waals surface area contributed by atoms with Crippen molar-refractivity contribution in [2.75, 3.05) is 0 Å². The third-order valence-electron chi connectivity index (χ3n) is 2.09. The average molecular weight is 223 g/mol. The Morgan fingerprint density at radius 2 is 1.93 bits per heavy atom. The van der Waals surface area contributed by atoms with E-state index in [1.165, 1.54) is 6.07 Å². The maximum absolute atomic E-state index is 10.8. The lowest BCUT2D eigenvalue weighted by Gasteiger charge is -2.00. The Morgan fingerprint density at radius 1 is 1.20 bits per heavy atom. The average Bonchev–Trinajstić information content (AvgIpc) is 2.64. The number of nitro groups is 1. The van der Waals surface area contributed by atoms with Crippen LogP contribution in [0.1, 0.15) is 0 Å². The van der Waals surface area contributed by atoms with E-state index in [-0.39, 0.29) is 5.69 Å². The fourth-order valence-corrected chi connectivity index (χ4v) is 1.63. The van der Waals surface area contributed by atoms with E-state index in [1.807, 2.05) is 0 Å². The van der Waals surface area contributed by atoms with Crippen molar-refractivity contribution in [2.45, 2.75) is 0 Å². The Labute approximate surface area is 90.7 Å². The van der Waals surface area contributed by atoms with E-state index >= 15 is 0 Å². The molecular weight excluding hydrogens is 216 g/mol. The summed E-state index contributed by atoms with van der Waals surface area (Å²) in [5, 5.41) is 11.3. The zero-order valence-electron chi connectivity index (χ0n) is 7.61. The van der Waals surface area contributed by atoms with Crippen molar-refractivity contribution in [2.24, 2.45) is 0 Å². The maximum atomic E-state index is 10.8. The Balaban J connectivity index is 2.63. The smallest absolute Gasteiger partial charge is 0.277 e. The minimum absolute atomic E-state index is 0.0546. The Kier molecular flexibility index (Phi) is 2.43. The Hall–Kier alpha value is -1.81. The number of aromatic amines is 1. The second-order valence-corrected chi connectivity index (χ2v) is 3.40. The monoisotopic (exact) mass is 222 g/mol. The molecule has 0 aliphatic carbocycles. The summed E-state index contributed by atoms with van der Waals surface area (Å²) in [6.45, 7) is 0. The molecule has 0 fully saturated rings. The number of hydrogen-bond acceptors (Lipinski definition) is 2. The number of para-hydroxylation sites is 1. The number of nitrogens with one attached hydrogen (secondary N) is 1. The van der Waals surface area contributed by atoms with Gasteiger partial charge in [-0.05, 0) is 6.07 Å². The van der Waals surface area contributed by atoms with Gasteiger partial charge in [-0.2, -0.15) is 0 Å². The Bertz CT molecular complexity index is 508. The molecule has 0 aliphatic rings. The second-order valence-electron chi connectivity index (χ2n) is 2.99. The van der Waals surface area contributed by atoms with Crippen LogP contribution in [0.5, 0.6) is 0 Å². The molecule has 1 N–H and O–H groups in total. The molecule has 1 heterocycles. The molecule has 0 spiro atoms. The minimum atomic E-state index is -0.418. The predicted molar refractivity (Wildman–Crippen MR) is 57.9 cm³/mol. The van der Waals surface area contributed by atoms with Gasteiger partial charge in [0.2, 0.25) is 0 Å². The van der Waals surface area contributed by atoms with Crippen LogP contribution in [0.2, 0.25) is 5.02 Å². The van der Waals surface area contributed by atoms with Crippen molar-refractivity contribution in [1.82, 2.24) is 4.98 Å². The van der Waals surface area contributed by atoms with Gasteiger partial charge in [-0.25, -0.2) is 0 Å². The standard InChI is InChI=1S/C10H7ClN2O2/c11-9-6-12-5-8(9)7-3-1-2-4-10(7)13(14)15/h1-6,12H. The molecule has 15 heavy (non-hydrogen) atoms. The molecule has 0 saturated heterocycles. The van der Waals surface area contributed by atoms with E-state index < -0.39 is 4.92 Å². The SMILES string of the molecule is O=[N+]([O-])c1ccccc1-c1c[nH]cc1Cl. The summed E-state index contributed by atoms with van der Waals surface area (Å²) in [5.41, 5.74) is 1.22. The molecule has 0 saturated carbocycles. The molecule has 76 valence electrons. The molecule has 4 nitrogen and oxygen atoms in total.